The minimum atomic E-state index is 0.686. The molecule has 1 N–H and O–H groups in total. The smallest absolute Gasteiger partial charge is 0.224 e. The monoisotopic (exact) mass is 310 g/mol. The zero-order chi connectivity index (χ0) is 16.2. The lowest BCUT2D eigenvalue weighted by atomic mass is 10.00. The molecule has 4 nitrogen and oxygen atoms in total. The number of benzene rings is 1. The lowest BCUT2D eigenvalue weighted by Gasteiger charge is -2.30. The van der Waals surface area contributed by atoms with Crippen LogP contribution < -0.4 is 10.2 Å². The van der Waals surface area contributed by atoms with Crippen LogP contribution in [0.4, 0.5) is 11.8 Å². The van der Waals surface area contributed by atoms with Crippen LogP contribution in [-0.2, 0) is 13.0 Å². The van der Waals surface area contributed by atoms with E-state index in [0.717, 1.165) is 49.9 Å². The fraction of sp³-hybridized carbons (Fsp3) is 0.474. The highest BCUT2D eigenvalue weighted by Crippen LogP contribution is 2.24. The van der Waals surface area contributed by atoms with Crippen molar-refractivity contribution in [3.05, 3.63) is 47.2 Å². The summed E-state index contributed by atoms with van der Waals surface area (Å²) in [5.41, 5.74) is 3.88. The lowest BCUT2D eigenvalue weighted by Crippen LogP contribution is -2.31. The fourth-order valence-corrected chi connectivity index (χ4v) is 2.96. The molecule has 1 aromatic carbocycles. The largest absolute Gasteiger partial charge is 0.354 e. The molecule has 0 spiro atoms. The van der Waals surface area contributed by atoms with Crippen molar-refractivity contribution in [3.8, 4) is 0 Å². The van der Waals surface area contributed by atoms with Gasteiger partial charge in [-0.25, -0.2) is 4.98 Å². The molecule has 2 aromatic rings. The predicted octanol–water partition coefficient (Wildman–Crippen LogP) is 3.81. The van der Waals surface area contributed by atoms with E-state index in [1.165, 1.54) is 11.1 Å². The molecule has 3 rings (SSSR count). The normalized spacial score (nSPS) is 14.0. The van der Waals surface area contributed by atoms with Crippen LogP contribution in [0.25, 0.3) is 0 Å². The van der Waals surface area contributed by atoms with Gasteiger partial charge < -0.3 is 10.2 Å². The average Bonchev–Trinajstić information content (AvgIpc) is 2.53. The maximum Gasteiger partial charge on any atom is 0.224 e. The van der Waals surface area contributed by atoms with Crippen molar-refractivity contribution >= 4 is 11.8 Å². The topological polar surface area (TPSA) is 41.1 Å². The summed E-state index contributed by atoms with van der Waals surface area (Å²) in [6.07, 6.45) is 2.21. The van der Waals surface area contributed by atoms with Gasteiger partial charge in [0.15, 0.2) is 0 Å². The molecule has 1 aliphatic rings. The molecule has 0 fully saturated rings. The van der Waals surface area contributed by atoms with Gasteiger partial charge in [0.05, 0.1) is 0 Å². The van der Waals surface area contributed by atoms with Crippen molar-refractivity contribution in [2.45, 2.75) is 40.2 Å². The van der Waals surface area contributed by atoms with E-state index in [9.17, 15) is 0 Å². The van der Waals surface area contributed by atoms with E-state index in [0.29, 0.717) is 5.92 Å². The molecule has 122 valence electrons. The summed E-state index contributed by atoms with van der Waals surface area (Å²) in [5, 5.41) is 3.37. The van der Waals surface area contributed by atoms with Crippen molar-refractivity contribution in [1.29, 1.82) is 0 Å². The van der Waals surface area contributed by atoms with Crippen LogP contribution in [0.5, 0.6) is 0 Å². The molecule has 23 heavy (non-hydrogen) atoms. The minimum Gasteiger partial charge on any atom is -0.354 e. The van der Waals surface area contributed by atoms with E-state index < -0.39 is 0 Å². The Kier molecular flexibility index (Phi) is 4.79. The number of nitrogens with zero attached hydrogens (tertiary/aromatic N) is 3. The predicted molar refractivity (Wildman–Crippen MR) is 95.9 cm³/mol. The number of aryl methyl sites for hydroxylation is 1. The molecule has 0 radical (unpaired) electrons. The Bertz CT molecular complexity index is 666. The van der Waals surface area contributed by atoms with Crippen molar-refractivity contribution in [1.82, 2.24) is 9.97 Å². The first-order valence-corrected chi connectivity index (χ1v) is 8.53. The minimum absolute atomic E-state index is 0.686. The molecule has 2 heterocycles. The number of fused-ring (bicyclic) bond motifs is 1. The van der Waals surface area contributed by atoms with Gasteiger partial charge in [-0.05, 0) is 36.8 Å². The molecule has 0 saturated carbocycles. The standard InChI is InChI=1S/C19H26N4/c1-14(2)8-10-20-19-21-15(3)12-18(22-19)23-11-9-16-6-4-5-7-17(16)13-23/h4-7,12,14H,8-11,13H2,1-3H3,(H,20,21,22). The van der Waals surface area contributed by atoms with Gasteiger partial charge in [0.1, 0.15) is 5.82 Å². The second-order valence-corrected chi connectivity index (χ2v) is 6.74. The van der Waals surface area contributed by atoms with Gasteiger partial charge in [-0.15, -0.1) is 0 Å². The van der Waals surface area contributed by atoms with E-state index in [2.05, 4.69) is 59.4 Å². The lowest BCUT2D eigenvalue weighted by molar-refractivity contribution is 0.605. The molecular weight excluding hydrogens is 284 g/mol. The zero-order valence-electron chi connectivity index (χ0n) is 14.3. The Morgan fingerprint density at radius 2 is 1.96 bits per heavy atom. The van der Waals surface area contributed by atoms with Crippen LogP contribution in [0.15, 0.2) is 30.3 Å². The van der Waals surface area contributed by atoms with Crippen LogP contribution in [-0.4, -0.2) is 23.1 Å². The average molecular weight is 310 g/mol. The third-order valence-corrected chi connectivity index (χ3v) is 4.30. The van der Waals surface area contributed by atoms with Gasteiger partial charge in [0, 0.05) is 31.4 Å². The number of nitrogens with one attached hydrogen (secondary N) is 1. The van der Waals surface area contributed by atoms with Gasteiger partial charge in [0.2, 0.25) is 5.95 Å². The fourth-order valence-electron chi connectivity index (χ4n) is 2.96. The molecule has 0 bridgehead atoms. The van der Waals surface area contributed by atoms with Crippen LogP contribution >= 0.6 is 0 Å². The Hall–Kier alpha value is -2.10. The van der Waals surface area contributed by atoms with Gasteiger partial charge in [-0.1, -0.05) is 38.1 Å². The number of anilines is 2. The Labute approximate surface area is 139 Å². The first kappa shape index (κ1) is 15.8. The summed E-state index contributed by atoms with van der Waals surface area (Å²) in [4.78, 5) is 11.6. The van der Waals surface area contributed by atoms with Crippen molar-refractivity contribution in [2.75, 3.05) is 23.3 Å². The van der Waals surface area contributed by atoms with E-state index >= 15 is 0 Å². The van der Waals surface area contributed by atoms with Crippen LogP contribution in [0.2, 0.25) is 0 Å². The molecular formula is C19H26N4. The quantitative estimate of drug-likeness (QED) is 0.912. The summed E-state index contributed by atoms with van der Waals surface area (Å²) in [6, 6.07) is 10.8. The third kappa shape index (κ3) is 4.01. The first-order valence-electron chi connectivity index (χ1n) is 8.53. The Morgan fingerprint density at radius 3 is 2.74 bits per heavy atom. The highest BCUT2D eigenvalue weighted by atomic mass is 15.2. The third-order valence-electron chi connectivity index (χ3n) is 4.30. The second-order valence-electron chi connectivity index (χ2n) is 6.74. The van der Waals surface area contributed by atoms with Gasteiger partial charge in [-0.2, -0.15) is 4.98 Å². The molecule has 4 heteroatoms. The number of hydrogen-bond acceptors (Lipinski definition) is 4. The van der Waals surface area contributed by atoms with E-state index in [1.54, 1.807) is 0 Å². The number of hydrogen-bond donors (Lipinski definition) is 1. The van der Waals surface area contributed by atoms with Crippen molar-refractivity contribution in [2.24, 2.45) is 5.92 Å². The zero-order valence-corrected chi connectivity index (χ0v) is 14.3. The number of aromatic nitrogens is 2. The van der Waals surface area contributed by atoms with Crippen molar-refractivity contribution in [3.63, 3.8) is 0 Å². The van der Waals surface area contributed by atoms with E-state index in [-0.39, 0.29) is 0 Å². The summed E-state index contributed by atoms with van der Waals surface area (Å²) in [6.45, 7) is 9.36. The molecule has 1 aliphatic heterocycles. The van der Waals surface area contributed by atoms with E-state index in [1.807, 2.05) is 6.92 Å². The first-order chi connectivity index (χ1) is 11.1. The molecule has 0 saturated heterocycles. The van der Waals surface area contributed by atoms with Crippen LogP contribution in [0.1, 0.15) is 37.1 Å². The molecule has 0 aliphatic carbocycles. The van der Waals surface area contributed by atoms with E-state index in [4.69, 9.17) is 4.98 Å². The highest BCUT2D eigenvalue weighted by molar-refractivity contribution is 5.48. The summed E-state index contributed by atoms with van der Waals surface area (Å²) >= 11 is 0. The molecule has 0 amide bonds. The second kappa shape index (κ2) is 6.99. The molecule has 1 aromatic heterocycles. The summed E-state index contributed by atoms with van der Waals surface area (Å²) < 4.78 is 0. The van der Waals surface area contributed by atoms with Gasteiger partial charge >= 0.3 is 0 Å². The SMILES string of the molecule is Cc1cc(N2CCc3ccccc3C2)nc(NCCC(C)C)n1. The molecule has 0 unspecified atom stereocenters. The maximum atomic E-state index is 4.73. The van der Waals surface area contributed by atoms with Gasteiger partial charge in [-0.3, -0.25) is 0 Å². The Balaban J connectivity index is 1.74. The van der Waals surface area contributed by atoms with Crippen LogP contribution in [0, 0.1) is 12.8 Å². The summed E-state index contributed by atoms with van der Waals surface area (Å²) in [7, 11) is 0. The molecule has 0 atom stereocenters. The van der Waals surface area contributed by atoms with Gasteiger partial charge in [0.25, 0.3) is 0 Å². The summed E-state index contributed by atoms with van der Waals surface area (Å²) in [5.74, 6) is 2.46. The highest BCUT2D eigenvalue weighted by Gasteiger charge is 2.18. The van der Waals surface area contributed by atoms with Crippen LogP contribution in [0.3, 0.4) is 0 Å². The maximum absolute atomic E-state index is 4.73. The Morgan fingerprint density at radius 1 is 1.17 bits per heavy atom. The van der Waals surface area contributed by atoms with Crippen molar-refractivity contribution < 1.29 is 0 Å². The number of rotatable bonds is 5.